The average Bonchev–Trinajstić information content (AvgIpc) is 3.13. The number of halogens is 1. The highest BCUT2D eigenvalue weighted by Crippen LogP contribution is 2.26. The topological polar surface area (TPSA) is 71.3 Å². The Morgan fingerprint density at radius 2 is 2.23 bits per heavy atom. The number of amides is 1. The summed E-state index contributed by atoms with van der Waals surface area (Å²) in [6, 6.07) is 11.3. The second-order valence-electron chi connectivity index (χ2n) is 7.69. The van der Waals surface area contributed by atoms with Crippen molar-refractivity contribution >= 4 is 17.5 Å². The second kappa shape index (κ2) is 9.41. The molecule has 1 amide bonds. The fraction of sp³-hybridized carbons (Fsp3) is 0.348. The number of aromatic nitrogens is 2. The van der Waals surface area contributed by atoms with Gasteiger partial charge in [-0.25, -0.2) is 4.98 Å². The normalized spacial score (nSPS) is 17.1. The highest BCUT2D eigenvalue weighted by molar-refractivity contribution is 6.30. The number of benzene rings is 1. The van der Waals surface area contributed by atoms with Crippen molar-refractivity contribution in [3.05, 3.63) is 70.8 Å². The van der Waals surface area contributed by atoms with Gasteiger partial charge in [0.1, 0.15) is 5.76 Å². The Morgan fingerprint density at radius 3 is 3.03 bits per heavy atom. The Hall–Kier alpha value is -2.70. The molecule has 1 fully saturated rings. The molecular weight excluding hydrogens is 400 g/mol. The van der Waals surface area contributed by atoms with Gasteiger partial charge in [0.05, 0.1) is 11.6 Å². The highest BCUT2D eigenvalue weighted by atomic mass is 35.5. The third-order valence-electron chi connectivity index (χ3n) is 5.40. The Balaban J connectivity index is 1.36. The number of aryl methyl sites for hydroxylation is 1. The van der Waals surface area contributed by atoms with Crippen LogP contribution in [0.25, 0.3) is 11.5 Å². The summed E-state index contributed by atoms with van der Waals surface area (Å²) in [5, 5.41) is 3.70. The van der Waals surface area contributed by atoms with Gasteiger partial charge in [-0.1, -0.05) is 23.7 Å². The number of hydrogen-bond donors (Lipinski definition) is 1. The molecule has 3 aromatic rings. The molecule has 0 spiro atoms. The summed E-state index contributed by atoms with van der Waals surface area (Å²) >= 11 is 6.09. The first kappa shape index (κ1) is 20.6. The van der Waals surface area contributed by atoms with E-state index >= 15 is 0 Å². The van der Waals surface area contributed by atoms with Gasteiger partial charge in [-0.2, -0.15) is 0 Å². The maximum atomic E-state index is 12.7. The third-order valence-corrected chi connectivity index (χ3v) is 5.64. The number of likely N-dealkylation sites (tertiary alicyclic amines) is 1. The van der Waals surface area contributed by atoms with E-state index in [1.54, 1.807) is 12.4 Å². The summed E-state index contributed by atoms with van der Waals surface area (Å²) in [7, 11) is 0. The largest absolute Gasteiger partial charge is 0.441 e. The second-order valence-corrected chi connectivity index (χ2v) is 8.12. The smallest absolute Gasteiger partial charge is 0.226 e. The number of piperidine rings is 1. The van der Waals surface area contributed by atoms with Crippen LogP contribution >= 0.6 is 11.6 Å². The summed E-state index contributed by atoms with van der Waals surface area (Å²) in [5.74, 6) is 1.45. The van der Waals surface area contributed by atoms with Crippen LogP contribution in [0.2, 0.25) is 5.02 Å². The van der Waals surface area contributed by atoms with Crippen molar-refractivity contribution in [2.75, 3.05) is 13.1 Å². The highest BCUT2D eigenvalue weighted by Gasteiger charge is 2.27. The van der Waals surface area contributed by atoms with Crippen molar-refractivity contribution in [2.45, 2.75) is 32.9 Å². The number of hydrogen-bond acceptors (Lipinski definition) is 5. The van der Waals surface area contributed by atoms with Gasteiger partial charge >= 0.3 is 0 Å². The first-order valence-electron chi connectivity index (χ1n) is 10.2. The molecule has 6 nitrogen and oxygen atoms in total. The fourth-order valence-electron chi connectivity index (χ4n) is 3.78. The van der Waals surface area contributed by atoms with Crippen molar-refractivity contribution in [1.82, 2.24) is 20.2 Å². The lowest BCUT2D eigenvalue weighted by Crippen LogP contribution is -2.42. The minimum atomic E-state index is -0.0185. The number of carbonyl (C=O) groups excluding carboxylic acids is 1. The molecule has 1 aromatic carbocycles. The van der Waals surface area contributed by atoms with Gasteiger partial charge in [0, 0.05) is 42.6 Å². The van der Waals surface area contributed by atoms with Gasteiger partial charge in [-0.05, 0) is 56.1 Å². The quantitative estimate of drug-likeness (QED) is 0.641. The molecule has 156 valence electrons. The van der Waals surface area contributed by atoms with Crippen LogP contribution in [0.3, 0.4) is 0 Å². The van der Waals surface area contributed by atoms with E-state index in [2.05, 4.69) is 20.2 Å². The third kappa shape index (κ3) is 5.07. The Bertz CT molecular complexity index is 1010. The van der Waals surface area contributed by atoms with E-state index in [1.165, 1.54) is 0 Å². The number of carbonyl (C=O) groups is 1. The fourth-order valence-corrected chi connectivity index (χ4v) is 3.97. The zero-order valence-electron chi connectivity index (χ0n) is 17.0. The lowest BCUT2D eigenvalue weighted by molar-refractivity contribution is -0.127. The van der Waals surface area contributed by atoms with E-state index < -0.39 is 0 Å². The molecule has 7 heteroatoms. The van der Waals surface area contributed by atoms with E-state index in [4.69, 9.17) is 16.0 Å². The van der Waals surface area contributed by atoms with Crippen molar-refractivity contribution in [3.63, 3.8) is 0 Å². The lowest BCUT2D eigenvalue weighted by Gasteiger charge is -2.31. The van der Waals surface area contributed by atoms with Gasteiger partial charge < -0.3 is 9.73 Å². The molecule has 1 saturated heterocycles. The van der Waals surface area contributed by atoms with Crippen LogP contribution < -0.4 is 5.32 Å². The van der Waals surface area contributed by atoms with Gasteiger partial charge in [0.2, 0.25) is 11.8 Å². The zero-order chi connectivity index (χ0) is 20.9. The predicted molar refractivity (Wildman–Crippen MR) is 116 cm³/mol. The van der Waals surface area contributed by atoms with Crippen LogP contribution in [0.5, 0.6) is 0 Å². The average molecular weight is 425 g/mol. The van der Waals surface area contributed by atoms with E-state index in [-0.39, 0.29) is 11.8 Å². The molecule has 1 aliphatic heterocycles. The molecule has 1 atom stereocenters. The number of oxazole rings is 1. The lowest BCUT2D eigenvalue weighted by atomic mass is 9.97. The molecule has 1 N–H and O–H groups in total. The van der Waals surface area contributed by atoms with Crippen LogP contribution in [0.15, 0.2) is 53.2 Å². The Morgan fingerprint density at radius 1 is 1.33 bits per heavy atom. The SMILES string of the molecule is Cc1oc(-c2cccc(Cl)c2)nc1CN1CCCC(C(=O)NCc2cccnc2)C1. The molecule has 3 heterocycles. The van der Waals surface area contributed by atoms with Crippen molar-refractivity contribution < 1.29 is 9.21 Å². The molecule has 1 unspecified atom stereocenters. The monoisotopic (exact) mass is 424 g/mol. The molecule has 0 radical (unpaired) electrons. The van der Waals surface area contributed by atoms with E-state index in [0.29, 0.717) is 24.0 Å². The maximum Gasteiger partial charge on any atom is 0.226 e. The molecule has 0 saturated carbocycles. The predicted octanol–water partition coefficient (Wildman–Crippen LogP) is 4.23. The molecule has 0 aliphatic carbocycles. The summed E-state index contributed by atoms with van der Waals surface area (Å²) in [6.07, 6.45) is 5.40. The summed E-state index contributed by atoms with van der Waals surface area (Å²) in [4.78, 5) is 23.7. The zero-order valence-corrected chi connectivity index (χ0v) is 17.7. The van der Waals surface area contributed by atoms with Gasteiger partial charge in [0.15, 0.2) is 0 Å². The van der Waals surface area contributed by atoms with E-state index in [1.807, 2.05) is 43.3 Å². The molecule has 2 aromatic heterocycles. The van der Waals surface area contributed by atoms with Crippen molar-refractivity contribution in [3.8, 4) is 11.5 Å². The molecule has 0 bridgehead atoms. The maximum absolute atomic E-state index is 12.7. The first-order chi connectivity index (χ1) is 14.6. The van der Waals surface area contributed by atoms with E-state index in [0.717, 1.165) is 48.5 Å². The Labute approximate surface area is 181 Å². The number of nitrogens with zero attached hydrogens (tertiary/aromatic N) is 3. The number of nitrogens with one attached hydrogen (secondary N) is 1. The standard InChI is InChI=1S/C23H25ClN4O2/c1-16-21(27-23(30-16)18-6-2-8-20(24)11-18)15-28-10-4-7-19(14-28)22(29)26-13-17-5-3-9-25-12-17/h2-3,5-6,8-9,11-12,19H,4,7,10,13-15H2,1H3,(H,26,29). The van der Waals surface area contributed by atoms with Gasteiger partial charge in [-0.3, -0.25) is 14.7 Å². The van der Waals surface area contributed by atoms with Crippen molar-refractivity contribution in [1.29, 1.82) is 0 Å². The van der Waals surface area contributed by atoms with Crippen LogP contribution in [0.4, 0.5) is 0 Å². The van der Waals surface area contributed by atoms with Crippen LogP contribution in [-0.4, -0.2) is 33.9 Å². The minimum Gasteiger partial charge on any atom is -0.441 e. The van der Waals surface area contributed by atoms with Gasteiger partial charge in [0.25, 0.3) is 0 Å². The van der Waals surface area contributed by atoms with Crippen molar-refractivity contribution in [2.24, 2.45) is 5.92 Å². The molecule has 4 rings (SSSR count). The molecule has 1 aliphatic rings. The first-order valence-corrected chi connectivity index (χ1v) is 10.6. The molecule has 30 heavy (non-hydrogen) atoms. The molecular formula is C23H25ClN4O2. The van der Waals surface area contributed by atoms with E-state index in [9.17, 15) is 4.79 Å². The van der Waals surface area contributed by atoms with Gasteiger partial charge in [-0.15, -0.1) is 0 Å². The summed E-state index contributed by atoms with van der Waals surface area (Å²) < 4.78 is 5.88. The number of pyridine rings is 1. The van der Waals surface area contributed by atoms with Crippen LogP contribution in [0.1, 0.15) is 29.9 Å². The summed E-state index contributed by atoms with van der Waals surface area (Å²) in [6.45, 7) is 4.78. The Kier molecular flexibility index (Phi) is 6.45. The summed E-state index contributed by atoms with van der Waals surface area (Å²) in [5.41, 5.74) is 2.77. The minimum absolute atomic E-state index is 0.0185. The number of rotatable bonds is 6. The van der Waals surface area contributed by atoms with Crippen LogP contribution in [-0.2, 0) is 17.9 Å². The van der Waals surface area contributed by atoms with Crippen LogP contribution in [0, 0.1) is 12.8 Å².